The van der Waals surface area contributed by atoms with Gasteiger partial charge in [-0.2, -0.15) is 4.31 Å². The Labute approximate surface area is 200 Å². The third-order valence-corrected chi connectivity index (χ3v) is 7.92. The summed E-state index contributed by atoms with van der Waals surface area (Å²) in [6.45, 7) is 4.44. The zero-order chi connectivity index (χ0) is 24.0. The summed E-state index contributed by atoms with van der Waals surface area (Å²) in [6, 6.07) is 12.5. The zero-order valence-electron chi connectivity index (χ0n) is 19.4. The maximum atomic E-state index is 13.4. The van der Waals surface area contributed by atoms with Gasteiger partial charge in [0.2, 0.25) is 10.0 Å². The lowest BCUT2D eigenvalue weighted by molar-refractivity contribution is 0.0730. The van der Waals surface area contributed by atoms with Crippen LogP contribution in [0.5, 0.6) is 0 Å². The molecule has 2 heterocycles. The van der Waals surface area contributed by atoms with Crippen LogP contribution in [0.25, 0.3) is 0 Å². The van der Waals surface area contributed by atoms with Crippen LogP contribution in [0.3, 0.4) is 0 Å². The smallest absolute Gasteiger partial charge is 0.253 e. The first-order valence-corrected chi connectivity index (χ1v) is 12.8. The molecule has 2 aliphatic rings. The zero-order valence-corrected chi connectivity index (χ0v) is 20.2. The summed E-state index contributed by atoms with van der Waals surface area (Å²) in [5.41, 5.74) is 2.97. The Hall–Kier alpha value is -2.50. The predicted octanol–water partition coefficient (Wildman–Crippen LogP) is 1.62. The summed E-state index contributed by atoms with van der Waals surface area (Å²) in [4.78, 5) is 15.5. The van der Waals surface area contributed by atoms with E-state index in [-0.39, 0.29) is 10.8 Å². The minimum Gasteiger partial charge on any atom is -0.380 e. The van der Waals surface area contributed by atoms with Gasteiger partial charge in [-0.25, -0.2) is 8.42 Å². The van der Waals surface area contributed by atoms with E-state index in [1.54, 1.807) is 19.2 Å². The molecule has 0 bridgehead atoms. The Morgan fingerprint density at radius 1 is 0.971 bits per heavy atom. The number of benzene rings is 2. The number of hydrogen-bond donors (Lipinski definition) is 1. The Balaban J connectivity index is 1.62. The Morgan fingerprint density at radius 3 is 2.29 bits per heavy atom. The van der Waals surface area contributed by atoms with Crippen LogP contribution < -0.4 is 10.2 Å². The second-order valence-electron chi connectivity index (χ2n) is 8.18. The topological polar surface area (TPSA) is 97.4 Å². The van der Waals surface area contributed by atoms with E-state index in [0.717, 1.165) is 11.1 Å². The number of nitrogens with zero attached hydrogens (tertiary/aromatic N) is 2. The maximum Gasteiger partial charge on any atom is 0.253 e. The van der Waals surface area contributed by atoms with E-state index in [0.29, 0.717) is 77.0 Å². The van der Waals surface area contributed by atoms with Gasteiger partial charge in [-0.3, -0.25) is 4.79 Å². The van der Waals surface area contributed by atoms with E-state index in [4.69, 9.17) is 14.2 Å². The van der Waals surface area contributed by atoms with Crippen LogP contribution >= 0.6 is 0 Å². The fourth-order valence-electron chi connectivity index (χ4n) is 4.17. The molecule has 0 aliphatic carbocycles. The van der Waals surface area contributed by atoms with E-state index < -0.39 is 10.0 Å². The van der Waals surface area contributed by atoms with Crippen LogP contribution in [0.15, 0.2) is 47.4 Å². The van der Waals surface area contributed by atoms with Crippen molar-refractivity contribution in [1.82, 2.24) is 9.62 Å². The molecule has 1 amide bonds. The quantitative estimate of drug-likeness (QED) is 0.602. The van der Waals surface area contributed by atoms with E-state index >= 15 is 0 Å². The highest BCUT2D eigenvalue weighted by molar-refractivity contribution is 7.89. The Kier molecular flexibility index (Phi) is 8.17. The summed E-state index contributed by atoms with van der Waals surface area (Å²) in [5, 5.41) is 2.97. The molecule has 9 nitrogen and oxygen atoms in total. The van der Waals surface area contributed by atoms with E-state index in [1.807, 2.05) is 24.3 Å². The standard InChI is InChI=1S/C24H31N3O6S/c1-31-18-20-5-3-2-4-19(20)17-25-24(28)22-16-21(34(29,30)27-10-14-33-15-11-27)6-7-23(22)26-8-12-32-13-9-26/h2-7,16H,8-15,17-18H2,1H3,(H,25,28). The van der Waals surface area contributed by atoms with Gasteiger partial charge in [0.1, 0.15) is 0 Å². The molecule has 34 heavy (non-hydrogen) atoms. The van der Waals surface area contributed by atoms with Crippen LogP contribution in [-0.2, 0) is 37.4 Å². The number of carbonyl (C=O) groups is 1. The molecule has 2 saturated heterocycles. The number of sulfonamides is 1. The van der Waals surface area contributed by atoms with Gasteiger partial charge in [0.25, 0.3) is 5.91 Å². The van der Waals surface area contributed by atoms with E-state index in [9.17, 15) is 13.2 Å². The molecule has 2 fully saturated rings. The summed E-state index contributed by atoms with van der Waals surface area (Å²) < 4.78 is 43.9. The van der Waals surface area contributed by atoms with Gasteiger partial charge in [-0.15, -0.1) is 0 Å². The molecule has 10 heteroatoms. The first kappa shape index (κ1) is 24.6. The van der Waals surface area contributed by atoms with Crippen molar-refractivity contribution in [2.24, 2.45) is 0 Å². The van der Waals surface area contributed by atoms with E-state index in [2.05, 4.69) is 10.2 Å². The molecule has 184 valence electrons. The lowest BCUT2D eigenvalue weighted by Gasteiger charge is -2.31. The van der Waals surface area contributed by atoms with Crippen molar-refractivity contribution in [3.8, 4) is 0 Å². The molecular weight excluding hydrogens is 458 g/mol. The molecule has 0 aromatic heterocycles. The molecule has 1 N–H and O–H groups in total. The summed E-state index contributed by atoms with van der Waals surface area (Å²) >= 11 is 0. The second-order valence-corrected chi connectivity index (χ2v) is 10.1. The number of hydrogen-bond acceptors (Lipinski definition) is 7. The molecule has 0 atom stereocenters. The number of carbonyl (C=O) groups excluding carboxylic acids is 1. The highest BCUT2D eigenvalue weighted by Gasteiger charge is 2.29. The Morgan fingerprint density at radius 2 is 1.62 bits per heavy atom. The molecule has 4 rings (SSSR count). The van der Waals surface area contributed by atoms with Gasteiger partial charge >= 0.3 is 0 Å². The SMILES string of the molecule is COCc1ccccc1CNC(=O)c1cc(S(=O)(=O)N2CCOCC2)ccc1N1CCOCC1. The highest BCUT2D eigenvalue weighted by Crippen LogP contribution is 2.27. The first-order chi connectivity index (χ1) is 16.5. The molecule has 0 spiro atoms. The van der Waals surface area contributed by atoms with Gasteiger partial charge in [0, 0.05) is 45.5 Å². The number of methoxy groups -OCH3 is 1. The number of rotatable bonds is 8. The normalized spacial score (nSPS) is 17.5. The summed E-state index contributed by atoms with van der Waals surface area (Å²) in [6.07, 6.45) is 0. The fraction of sp³-hybridized carbons (Fsp3) is 0.458. The first-order valence-electron chi connectivity index (χ1n) is 11.4. The van der Waals surface area contributed by atoms with Crippen molar-refractivity contribution in [3.63, 3.8) is 0 Å². The third kappa shape index (κ3) is 5.59. The van der Waals surface area contributed by atoms with Crippen LogP contribution in [-0.4, -0.2) is 78.3 Å². The average molecular weight is 490 g/mol. The van der Waals surface area contributed by atoms with Crippen molar-refractivity contribution in [1.29, 1.82) is 0 Å². The summed E-state index contributed by atoms with van der Waals surface area (Å²) in [7, 11) is -2.10. The van der Waals surface area contributed by atoms with Crippen LogP contribution in [0, 0.1) is 0 Å². The maximum absolute atomic E-state index is 13.4. The minimum atomic E-state index is -3.73. The van der Waals surface area contributed by atoms with Gasteiger partial charge < -0.3 is 24.4 Å². The Bertz CT molecular complexity index is 1100. The number of morpholine rings is 2. The van der Waals surface area contributed by atoms with Crippen molar-refractivity contribution >= 4 is 21.6 Å². The predicted molar refractivity (Wildman–Crippen MR) is 127 cm³/mol. The fourth-order valence-corrected chi connectivity index (χ4v) is 5.61. The van der Waals surface area contributed by atoms with Crippen molar-refractivity contribution < 1.29 is 27.4 Å². The number of amides is 1. The van der Waals surface area contributed by atoms with Crippen LogP contribution in [0.1, 0.15) is 21.5 Å². The number of ether oxygens (including phenoxy) is 3. The molecular formula is C24H31N3O6S. The lowest BCUT2D eigenvalue weighted by atomic mass is 10.1. The van der Waals surface area contributed by atoms with E-state index in [1.165, 1.54) is 10.4 Å². The second kappa shape index (κ2) is 11.3. The molecule has 2 aromatic carbocycles. The molecule has 0 unspecified atom stereocenters. The van der Waals surface area contributed by atoms with Gasteiger partial charge in [-0.05, 0) is 29.3 Å². The third-order valence-electron chi connectivity index (χ3n) is 6.03. The van der Waals surface area contributed by atoms with Crippen LogP contribution in [0.2, 0.25) is 0 Å². The van der Waals surface area contributed by atoms with Crippen molar-refractivity contribution in [2.75, 3.05) is 64.6 Å². The van der Waals surface area contributed by atoms with Crippen molar-refractivity contribution in [2.45, 2.75) is 18.0 Å². The summed E-state index contributed by atoms with van der Waals surface area (Å²) in [5.74, 6) is -0.326. The highest BCUT2D eigenvalue weighted by atomic mass is 32.2. The molecule has 2 aromatic rings. The largest absolute Gasteiger partial charge is 0.380 e. The van der Waals surface area contributed by atoms with Crippen LogP contribution in [0.4, 0.5) is 5.69 Å². The molecule has 0 saturated carbocycles. The van der Waals surface area contributed by atoms with Gasteiger partial charge in [0.05, 0.1) is 43.5 Å². The number of anilines is 1. The van der Waals surface area contributed by atoms with Gasteiger partial charge in [0.15, 0.2) is 0 Å². The molecule has 0 radical (unpaired) electrons. The molecule has 2 aliphatic heterocycles. The lowest BCUT2D eigenvalue weighted by Crippen LogP contribution is -2.41. The average Bonchev–Trinajstić information content (AvgIpc) is 2.89. The monoisotopic (exact) mass is 489 g/mol. The van der Waals surface area contributed by atoms with Gasteiger partial charge in [-0.1, -0.05) is 24.3 Å². The van der Waals surface area contributed by atoms with Crippen molar-refractivity contribution in [3.05, 3.63) is 59.2 Å². The minimum absolute atomic E-state index is 0.108. The number of nitrogens with one attached hydrogen (secondary N) is 1.